The minimum atomic E-state index is 0.451. The maximum absolute atomic E-state index is 5.39. The molecule has 1 saturated heterocycles. The van der Waals surface area contributed by atoms with Crippen LogP contribution in [-0.4, -0.2) is 31.1 Å². The summed E-state index contributed by atoms with van der Waals surface area (Å²) in [5, 5.41) is 3.59. The first-order valence-electron chi connectivity index (χ1n) is 6.95. The molecule has 1 unspecified atom stereocenters. The molecule has 0 spiro atoms. The van der Waals surface area contributed by atoms with Gasteiger partial charge in [-0.25, -0.2) is 0 Å². The second kappa shape index (κ2) is 6.04. The number of hydrogen-bond donors (Lipinski definition) is 1. The van der Waals surface area contributed by atoms with Crippen molar-refractivity contribution in [2.75, 3.05) is 26.2 Å². The molecule has 19 heavy (non-hydrogen) atoms. The predicted molar refractivity (Wildman–Crippen MR) is 76.0 cm³/mol. The zero-order valence-electron chi connectivity index (χ0n) is 11.1. The van der Waals surface area contributed by atoms with Gasteiger partial charge in [-0.1, -0.05) is 30.3 Å². The third kappa shape index (κ3) is 3.25. The lowest BCUT2D eigenvalue weighted by molar-refractivity contribution is 0.199. The van der Waals surface area contributed by atoms with E-state index in [2.05, 4.69) is 46.6 Å². The fourth-order valence-electron chi connectivity index (χ4n) is 2.65. The van der Waals surface area contributed by atoms with Gasteiger partial charge in [0, 0.05) is 38.6 Å². The van der Waals surface area contributed by atoms with Crippen LogP contribution in [0.15, 0.2) is 53.1 Å². The van der Waals surface area contributed by atoms with E-state index in [4.69, 9.17) is 4.42 Å². The molecule has 1 N–H and O–H groups in total. The molecular weight excluding hydrogens is 236 g/mol. The van der Waals surface area contributed by atoms with E-state index in [9.17, 15) is 0 Å². The van der Waals surface area contributed by atoms with Crippen molar-refractivity contribution in [3.63, 3.8) is 0 Å². The Labute approximate surface area is 114 Å². The number of nitrogens with zero attached hydrogens (tertiary/aromatic N) is 1. The molecule has 100 valence electrons. The van der Waals surface area contributed by atoms with E-state index >= 15 is 0 Å². The van der Waals surface area contributed by atoms with Crippen molar-refractivity contribution < 1.29 is 4.42 Å². The second-order valence-electron chi connectivity index (χ2n) is 5.05. The quantitative estimate of drug-likeness (QED) is 0.911. The van der Waals surface area contributed by atoms with Gasteiger partial charge in [0.15, 0.2) is 0 Å². The SMILES string of the molecule is c1ccc(C2CN(CCc3ccco3)CCN2)cc1. The van der Waals surface area contributed by atoms with Gasteiger partial charge in [-0.15, -0.1) is 0 Å². The molecule has 3 nitrogen and oxygen atoms in total. The van der Waals surface area contributed by atoms with E-state index in [0.717, 1.165) is 38.4 Å². The van der Waals surface area contributed by atoms with Crippen LogP contribution in [0.25, 0.3) is 0 Å². The third-order valence-corrected chi connectivity index (χ3v) is 3.72. The molecule has 1 aromatic heterocycles. The van der Waals surface area contributed by atoms with Crippen LogP contribution in [0.2, 0.25) is 0 Å². The van der Waals surface area contributed by atoms with E-state index in [0.29, 0.717) is 6.04 Å². The van der Waals surface area contributed by atoms with Crippen molar-refractivity contribution in [3.8, 4) is 0 Å². The summed E-state index contributed by atoms with van der Waals surface area (Å²) in [5.41, 5.74) is 1.38. The lowest BCUT2D eigenvalue weighted by Crippen LogP contribution is -2.46. The summed E-state index contributed by atoms with van der Waals surface area (Å²) < 4.78 is 5.39. The number of benzene rings is 1. The summed E-state index contributed by atoms with van der Waals surface area (Å²) in [6.07, 6.45) is 2.74. The molecule has 1 atom stereocenters. The van der Waals surface area contributed by atoms with E-state index in [1.807, 2.05) is 6.07 Å². The van der Waals surface area contributed by atoms with Crippen LogP contribution in [0.5, 0.6) is 0 Å². The first kappa shape index (κ1) is 12.5. The van der Waals surface area contributed by atoms with Crippen molar-refractivity contribution >= 4 is 0 Å². The average Bonchev–Trinajstić information content (AvgIpc) is 3.00. The standard InChI is InChI=1S/C16H20N2O/c1-2-5-14(6-3-1)16-13-18(11-9-17-16)10-8-15-7-4-12-19-15/h1-7,12,16-17H,8-11,13H2. The highest BCUT2D eigenvalue weighted by Gasteiger charge is 2.20. The molecule has 1 aromatic carbocycles. The number of nitrogens with one attached hydrogen (secondary N) is 1. The van der Waals surface area contributed by atoms with Crippen LogP contribution >= 0.6 is 0 Å². The Morgan fingerprint density at radius 3 is 2.84 bits per heavy atom. The summed E-state index contributed by atoms with van der Waals surface area (Å²) in [4.78, 5) is 2.51. The highest BCUT2D eigenvalue weighted by atomic mass is 16.3. The Bertz CT molecular complexity index is 481. The molecule has 0 saturated carbocycles. The molecule has 0 amide bonds. The number of rotatable bonds is 4. The number of hydrogen-bond acceptors (Lipinski definition) is 3. The molecule has 3 heteroatoms. The van der Waals surface area contributed by atoms with Gasteiger partial charge in [0.25, 0.3) is 0 Å². The fraction of sp³-hybridized carbons (Fsp3) is 0.375. The topological polar surface area (TPSA) is 28.4 Å². The van der Waals surface area contributed by atoms with E-state index in [-0.39, 0.29) is 0 Å². The average molecular weight is 256 g/mol. The monoisotopic (exact) mass is 256 g/mol. The highest BCUT2D eigenvalue weighted by Crippen LogP contribution is 2.17. The Morgan fingerprint density at radius 1 is 1.16 bits per heavy atom. The van der Waals surface area contributed by atoms with Gasteiger partial charge in [-0.3, -0.25) is 4.90 Å². The van der Waals surface area contributed by atoms with Crippen LogP contribution < -0.4 is 5.32 Å². The lowest BCUT2D eigenvalue weighted by atomic mass is 10.0. The maximum Gasteiger partial charge on any atom is 0.105 e. The Morgan fingerprint density at radius 2 is 2.05 bits per heavy atom. The summed E-state index contributed by atoms with van der Waals surface area (Å²) in [7, 11) is 0. The van der Waals surface area contributed by atoms with E-state index in [1.54, 1.807) is 6.26 Å². The summed E-state index contributed by atoms with van der Waals surface area (Å²) >= 11 is 0. The minimum absolute atomic E-state index is 0.451. The zero-order valence-corrected chi connectivity index (χ0v) is 11.1. The third-order valence-electron chi connectivity index (χ3n) is 3.72. The molecule has 0 radical (unpaired) electrons. The minimum Gasteiger partial charge on any atom is -0.469 e. The zero-order chi connectivity index (χ0) is 12.9. The van der Waals surface area contributed by atoms with Crippen molar-refractivity contribution in [2.24, 2.45) is 0 Å². The molecule has 0 aliphatic carbocycles. The van der Waals surface area contributed by atoms with Gasteiger partial charge in [-0.05, 0) is 17.7 Å². The number of furan rings is 1. The molecule has 1 fully saturated rings. The largest absolute Gasteiger partial charge is 0.469 e. The van der Waals surface area contributed by atoms with Gasteiger partial charge in [0.1, 0.15) is 5.76 Å². The van der Waals surface area contributed by atoms with Gasteiger partial charge >= 0.3 is 0 Å². The molecule has 3 rings (SSSR count). The lowest BCUT2D eigenvalue weighted by Gasteiger charge is -2.33. The Hall–Kier alpha value is -1.58. The summed E-state index contributed by atoms with van der Waals surface area (Å²) in [6.45, 7) is 4.31. The molecule has 1 aliphatic heterocycles. The van der Waals surface area contributed by atoms with Gasteiger partial charge in [-0.2, -0.15) is 0 Å². The maximum atomic E-state index is 5.39. The van der Waals surface area contributed by atoms with Crippen LogP contribution in [0.4, 0.5) is 0 Å². The molecule has 1 aliphatic rings. The summed E-state index contributed by atoms with van der Waals surface area (Å²) in [5.74, 6) is 1.08. The van der Waals surface area contributed by atoms with E-state index < -0.39 is 0 Å². The first-order valence-corrected chi connectivity index (χ1v) is 6.95. The van der Waals surface area contributed by atoms with Crippen molar-refractivity contribution in [1.29, 1.82) is 0 Å². The Kier molecular flexibility index (Phi) is 3.96. The summed E-state index contributed by atoms with van der Waals surface area (Å²) in [6, 6.07) is 15.2. The predicted octanol–water partition coefficient (Wildman–Crippen LogP) is 2.47. The van der Waals surface area contributed by atoms with Crippen LogP contribution in [-0.2, 0) is 6.42 Å². The van der Waals surface area contributed by atoms with Crippen molar-refractivity contribution in [2.45, 2.75) is 12.5 Å². The van der Waals surface area contributed by atoms with Crippen LogP contribution in [0.1, 0.15) is 17.4 Å². The molecule has 0 bridgehead atoms. The Balaban J connectivity index is 1.56. The van der Waals surface area contributed by atoms with Gasteiger partial charge in [0.2, 0.25) is 0 Å². The normalized spacial score (nSPS) is 20.5. The first-order chi connectivity index (χ1) is 9.42. The highest BCUT2D eigenvalue weighted by molar-refractivity contribution is 5.19. The molecule has 2 heterocycles. The van der Waals surface area contributed by atoms with Gasteiger partial charge in [0.05, 0.1) is 6.26 Å². The molecule has 2 aromatic rings. The van der Waals surface area contributed by atoms with Crippen LogP contribution in [0, 0.1) is 0 Å². The molecular formula is C16H20N2O. The van der Waals surface area contributed by atoms with Gasteiger partial charge < -0.3 is 9.73 Å². The van der Waals surface area contributed by atoms with Crippen molar-refractivity contribution in [1.82, 2.24) is 10.2 Å². The van der Waals surface area contributed by atoms with E-state index in [1.165, 1.54) is 5.56 Å². The van der Waals surface area contributed by atoms with Crippen molar-refractivity contribution in [3.05, 3.63) is 60.1 Å². The smallest absolute Gasteiger partial charge is 0.105 e. The number of piperazine rings is 1. The fourth-order valence-corrected chi connectivity index (χ4v) is 2.65. The van der Waals surface area contributed by atoms with Crippen LogP contribution in [0.3, 0.4) is 0 Å². The second-order valence-corrected chi connectivity index (χ2v) is 5.05.